The molecule has 2 unspecified atom stereocenters. The van der Waals surface area contributed by atoms with Crippen LogP contribution in [0.4, 0.5) is 0 Å². The molecular formula is C16H30O. The Morgan fingerprint density at radius 3 is 1.53 bits per heavy atom. The highest BCUT2D eigenvalue weighted by molar-refractivity contribution is 4.92. The van der Waals surface area contributed by atoms with E-state index in [1.165, 1.54) is 25.7 Å². The molecule has 0 saturated carbocycles. The molecule has 0 saturated heterocycles. The number of rotatable bonds is 10. The average Bonchev–Trinajstić information content (AvgIpc) is 2.33. The van der Waals surface area contributed by atoms with Crippen molar-refractivity contribution >= 4 is 0 Å². The fourth-order valence-electron chi connectivity index (χ4n) is 1.88. The van der Waals surface area contributed by atoms with Crippen LogP contribution in [-0.2, 0) is 4.74 Å². The lowest BCUT2D eigenvalue weighted by Crippen LogP contribution is -2.19. The Morgan fingerprint density at radius 1 is 0.824 bits per heavy atom. The fourth-order valence-corrected chi connectivity index (χ4v) is 1.88. The van der Waals surface area contributed by atoms with Crippen LogP contribution in [0.3, 0.4) is 0 Å². The molecule has 0 spiro atoms. The van der Waals surface area contributed by atoms with Gasteiger partial charge in [0, 0.05) is 0 Å². The molecular weight excluding hydrogens is 208 g/mol. The highest BCUT2D eigenvalue weighted by Gasteiger charge is 2.11. The summed E-state index contributed by atoms with van der Waals surface area (Å²) in [7, 11) is 0. The zero-order valence-electron chi connectivity index (χ0n) is 12.1. The van der Waals surface area contributed by atoms with E-state index in [1.54, 1.807) is 0 Å². The average molecular weight is 238 g/mol. The summed E-state index contributed by atoms with van der Waals surface area (Å²) in [4.78, 5) is 0. The smallest absolute Gasteiger partial charge is 0.0763 e. The predicted octanol–water partition coefficient (Wildman–Crippen LogP) is 5.27. The lowest BCUT2D eigenvalue weighted by Gasteiger charge is -2.20. The van der Waals surface area contributed by atoms with Gasteiger partial charge in [0.2, 0.25) is 0 Å². The highest BCUT2D eigenvalue weighted by atomic mass is 16.5. The van der Waals surface area contributed by atoms with Crippen LogP contribution in [0, 0.1) is 0 Å². The number of unbranched alkanes of at least 4 members (excludes halogenated alkanes) is 2. The van der Waals surface area contributed by atoms with Crippen molar-refractivity contribution in [1.29, 1.82) is 0 Å². The van der Waals surface area contributed by atoms with Crippen LogP contribution in [0.25, 0.3) is 0 Å². The van der Waals surface area contributed by atoms with Crippen molar-refractivity contribution in [3.8, 4) is 0 Å². The minimum absolute atomic E-state index is 0.290. The fraction of sp³-hybridized carbons (Fsp3) is 0.750. The normalized spacial score (nSPS) is 15.8. The van der Waals surface area contributed by atoms with E-state index < -0.39 is 0 Å². The van der Waals surface area contributed by atoms with Gasteiger partial charge in [-0.1, -0.05) is 63.8 Å². The molecule has 1 heteroatoms. The lowest BCUT2D eigenvalue weighted by atomic mass is 10.1. The van der Waals surface area contributed by atoms with Crippen molar-refractivity contribution in [3.05, 3.63) is 24.3 Å². The van der Waals surface area contributed by atoms with E-state index in [4.69, 9.17) is 4.74 Å². The molecule has 100 valence electrons. The molecule has 0 aliphatic heterocycles. The topological polar surface area (TPSA) is 9.23 Å². The minimum atomic E-state index is 0.290. The third-order valence-corrected chi connectivity index (χ3v) is 2.85. The van der Waals surface area contributed by atoms with E-state index in [1.807, 2.05) is 0 Å². The van der Waals surface area contributed by atoms with E-state index in [-0.39, 0.29) is 12.2 Å². The third kappa shape index (κ3) is 9.17. The molecule has 0 rings (SSSR count). The van der Waals surface area contributed by atoms with Crippen LogP contribution >= 0.6 is 0 Å². The van der Waals surface area contributed by atoms with Gasteiger partial charge >= 0.3 is 0 Å². The first-order valence-corrected chi connectivity index (χ1v) is 7.19. The zero-order chi connectivity index (χ0) is 12.9. The van der Waals surface area contributed by atoms with Gasteiger partial charge in [-0.2, -0.15) is 0 Å². The van der Waals surface area contributed by atoms with Crippen LogP contribution in [0.15, 0.2) is 24.3 Å². The van der Waals surface area contributed by atoms with Gasteiger partial charge in [0.15, 0.2) is 0 Å². The number of allylic oxidation sites excluding steroid dienone is 2. The van der Waals surface area contributed by atoms with Crippen molar-refractivity contribution in [2.45, 2.75) is 78.4 Å². The maximum absolute atomic E-state index is 6.16. The molecule has 0 bridgehead atoms. The molecule has 2 atom stereocenters. The van der Waals surface area contributed by atoms with Gasteiger partial charge in [-0.15, -0.1) is 0 Å². The Bertz CT molecular complexity index is 184. The Labute approximate surface area is 108 Å². The van der Waals surface area contributed by atoms with E-state index in [2.05, 4.69) is 52.0 Å². The van der Waals surface area contributed by atoms with Crippen molar-refractivity contribution in [3.63, 3.8) is 0 Å². The van der Waals surface area contributed by atoms with Crippen LogP contribution in [0.5, 0.6) is 0 Å². The second-order valence-electron chi connectivity index (χ2n) is 4.55. The Balaban J connectivity index is 4.22. The largest absolute Gasteiger partial charge is 0.367 e. The molecule has 0 radical (unpaired) electrons. The van der Waals surface area contributed by atoms with Crippen LogP contribution in [0.2, 0.25) is 0 Å². The first-order chi connectivity index (χ1) is 8.28. The van der Waals surface area contributed by atoms with E-state index >= 15 is 0 Å². The summed E-state index contributed by atoms with van der Waals surface area (Å²) in [5.74, 6) is 0. The predicted molar refractivity (Wildman–Crippen MR) is 77.3 cm³/mol. The second-order valence-corrected chi connectivity index (χ2v) is 4.55. The van der Waals surface area contributed by atoms with E-state index in [0.717, 1.165) is 12.8 Å². The molecule has 0 aromatic rings. The molecule has 0 heterocycles. The van der Waals surface area contributed by atoms with Crippen molar-refractivity contribution in [2.75, 3.05) is 0 Å². The van der Waals surface area contributed by atoms with Crippen molar-refractivity contribution in [1.82, 2.24) is 0 Å². The minimum Gasteiger partial charge on any atom is -0.367 e. The van der Waals surface area contributed by atoms with Gasteiger partial charge in [-0.25, -0.2) is 0 Å². The molecule has 17 heavy (non-hydrogen) atoms. The third-order valence-electron chi connectivity index (χ3n) is 2.85. The molecule has 0 amide bonds. The Kier molecular flexibility index (Phi) is 11.5. The van der Waals surface area contributed by atoms with Gasteiger partial charge in [0.1, 0.15) is 0 Å². The van der Waals surface area contributed by atoms with Crippen LogP contribution in [-0.4, -0.2) is 12.2 Å². The summed E-state index contributed by atoms with van der Waals surface area (Å²) < 4.78 is 6.16. The first kappa shape index (κ1) is 16.4. The SMILES string of the molecule is C/C=C/C(CCCC)OC(/C=C/C)CCCC. The maximum Gasteiger partial charge on any atom is 0.0763 e. The monoisotopic (exact) mass is 238 g/mol. The number of ether oxygens (including phenoxy) is 1. The summed E-state index contributed by atoms with van der Waals surface area (Å²) in [5, 5.41) is 0. The standard InChI is InChI=1S/C16H30O/c1-5-9-13-15(11-7-3)17-16(12-8-4)14-10-6-2/h7-8,11-12,15-16H,5-6,9-10,13-14H2,1-4H3/b11-7+,12-8+. The highest BCUT2D eigenvalue weighted by Crippen LogP contribution is 2.14. The summed E-state index contributed by atoms with van der Waals surface area (Å²) in [6.07, 6.45) is 16.4. The summed E-state index contributed by atoms with van der Waals surface area (Å²) in [6.45, 7) is 8.60. The summed E-state index contributed by atoms with van der Waals surface area (Å²) >= 11 is 0. The second kappa shape index (κ2) is 11.9. The van der Waals surface area contributed by atoms with Crippen molar-refractivity contribution < 1.29 is 4.74 Å². The summed E-state index contributed by atoms with van der Waals surface area (Å²) in [5.41, 5.74) is 0. The first-order valence-electron chi connectivity index (χ1n) is 7.19. The quantitative estimate of drug-likeness (QED) is 0.471. The number of hydrogen-bond acceptors (Lipinski definition) is 1. The molecule has 0 aliphatic rings. The van der Waals surface area contributed by atoms with Gasteiger partial charge in [0.05, 0.1) is 12.2 Å². The summed E-state index contributed by atoms with van der Waals surface area (Å²) in [6, 6.07) is 0. The number of hydrogen-bond donors (Lipinski definition) is 0. The molecule has 0 aromatic heterocycles. The van der Waals surface area contributed by atoms with Crippen molar-refractivity contribution in [2.24, 2.45) is 0 Å². The zero-order valence-corrected chi connectivity index (χ0v) is 12.1. The Hall–Kier alpha value is -0.560. The molecule has 0 fully saturated rings. The van der Waals surface area contributed by atoms with E-state index in [9.17, 15) is 0 Å². The lowest BCUT2D eigenvalue weighted by molar-refractivity contribution is 0.0299. The van der Waals surface area contributed by atoms with Crippen LogP contribution in [0.1, 0.15) is 66.2 Å². The van der Waals surface area contributed by atoms with E-state index in [0.29, 0.717) is 0 Å². The van der Waals surface area contributed by atoms with Gasteiger partial charge in [0.25, 0.3) is 0 Å². The molecule has 0 aromatic carbocycles. The van der Waals surface area contributed by atoms with Gasteiger partial charge < -0.3 is 4.74 Å². The maximum atomic E-state index is 6.16. The Morgan fingerprint density at radius 2 is 1.24 bits per heavy atom. The molecule has 1 nitrogen and oxygen atoms in total. The molecule has 0 N–H and O–H groups in total. The van der Waals surface area contributed by atoms with Gasteiger partial charge in [-0.3, -0.25) is 0 Å². The van der Waals surface area contributed by atoms with Gasteiger partial charge in [-0.05, 0) is 26.7 Å². The van der Waals surface area contributed by atoms with Crippen LogP contribution < -0.4 is 0 Å². The molecule has 0 aliphatic carbocycles.